The molecule has 0 atom stereocenters. The molecule has 0 amide bonds. The second-order valence-corrected chi connectivity index (χ2v) is 9.55. The lowest BCUT2D eigenvalue weighted by atomic mass is 10.1. The number of rotatable bonds is 7. The zero-order valence-electron chi connectivity index (χ0n) is 21.6. The van der Waals surface area contributed by atoms with Crippen molar-refractivity contribution in [3.63, 3.8) is 0 Å². The summed E-state index contributed by atoms with van der Waals surface area (Å²) in [7, 11) is 1.56. The van der Waals surface area contributed by atoms with Crippen molar-refractivity contribution in [2.24, 2.45) is 5.10 Å². The van der Waals surface area contributed by atoms with Crippen LogP contribution in [0, 0.1) is 0 Å². The maximum Gasteiger partial charge on any atom is 0.282 e. The van der Waals surface area contributed by atoms with Gasteiger partial charge in [0.05, 0.1) is 29.2 Å². The molecule has 1 aromatic heterocycles. The third-order valence-electron chi connectivity index (χ3n) is 6.61. The molecule has 0 aliphatic carbocycles. The lowest BCUT2D eigenvalue weighted by Gasteiger charge is -2.14. The van der Waals surface area contributed by atoms with E-state index >= 15 is 0 Å². The van der Waals surface area contributed by atoms with Crippen LogP contribution < -0.4 is 15.0 Å². The van der Waals surface area contributed by atoms with Crippen molar-refractivity contribution < 1.29 is 9.47 Å². The highest BCUT2D eigenvalue weighted by atomic mass is 35.5. The topological polar surface area (TPSA) is 65.7 Å². The van der Waals surface area contributed by atoms with Gasteiger partial charge in [-0.25, -0.2) is 4.98 Å². The van der Waals surface area contributed by atoms with Crippen LogP contribution in [0.1, 0.15) is 11.1 Å². The van der Waals surface area contributed by atoms with E-state index in [2.05, 4.69) is 23.3 Å². The van der Waals surface area contributed by atoms with Crippen molar-refractivity contribution in [2.75, 3.05) is 7.11 Å². The highest BCUT2D eigenvalue weighted by Crippen LogP contribution is 2.37. The maximum atomic E-state index is 13.4. The molecule has 0 saturated carbocycles. The predicted molar refractivity (Wildman–Crippen MR) is 161 cm³/mol. The summed E-state index contributed by atoms with van der Waals surface area (Å²) < 4.78 is 13.1. The van der Waals surface area contributed by atoms with Gasteiger partial charge in [-0.05, 0) is 46.2 Å². The molecule has 0 fully saturated rings. The largest absolute Gasteiger partial charge is 0.493 e. The molecule has 1 heterocycles. The number of aromatic nitrogens is 2. The third-order valence-corrected chi connectivity index (χ3v) is 6.89. The second-order valence-electron chi connectivity index (χ2n) is 9.14. The van der Waals surface area contributed by atoms with Crippen molar-refractivity contribution in [3.05, 3.63) is 136 Å². The summed E-state index contributed by atoms with van der Waals surface area (Å²) in [5, 5.41) is 7.64. The van der Waals surface area contributed by atoms with Gasteiger partial charge in [0.2, 0.25) is 0 Å². The summed E-state index contributed by atoms with van der Waals surface area (Å²) in [4.78, 5) is 18.2. The molecule has 6 aromatic rings. The Bertz CT molecular complexity index is 1930. The molecule has 7 heteroatoms. The number of ether oxygens (including phenoxy) is 2. The van der Waals surface area contributed by atoms with Gasteiger partial charge in [-0.3, -0.25) is 4.79 Å². The molecule has 6 nitrogen and oxygen atoms in total. The Kier molecular flexibility index (Phi) is 7.00. The quantitative estimate of drug-likeness (QED) is 0.197. The van der Waals surface area contributed by atoms with Gasteiger partial charge >= 0.3 is 0 Å². The molecule has 196 valence electrons. The summed E-state index contributed by atoms with van der Waals surface area (Å²) in [6, 6.07) is 34.5. The summed E-state index contributed by atoms with van der Waals surface area (Å²) in [5.41, 5.74) is 2.79. The van der Waals surface area contributed by atoms with Crippen molar-refractivity contribution in [3.8, 4) is 22.9 Å². The van der Waals surface area contributed by atoms with E-state index in [4.69, 9.17) is 26.1 Å². The van der Waals surface area contributed by atoms with E-state index in [9.17, 15) is 4.79 Å². The first-order valence-electron chi connectivity index (χ1n) is 12.7. The van der Waals surface area contributed by atoms with E-state index in [1.165, 1.54) is 4.68 Å². The monoisotopic (exact) mass is 545 g/mol. The Hall–Kier alpha value is -4.94. The van der Waals surface area contributed by atoms with Crippen LogP contribution in [-0.4, -0.2) is 23.0 Å². The van der Waals surface area contributed by atoms with E-state index in [1.54, 1.807) is 31.5 Å². The third kappa shape index (κ3) is 4.93. The predicted octanol–water partition coefficient (Wildman–Crippen LogP) is 7.34. The zero-order chi connectivity index (χ0) is 27.5. The maximum absolute atomic E-state index is 13.4. The average Bonchev–Trinajstić information content (AvgIpc) is 3.00. The Morgan fingerprint density at radius 2 is 1.60 bits per heavy atom. The van der Waals surface area contributed by atoms with Crippen LogP contribution in [0.5, 0.6) is 11.5 Å². The van der Waals surface area contributed by atoms with Gasteiger partial charge < -0.3 is 9.47 Å². The molecule has 0 aliphatic rings. The molecule has 0 unspecified atom stereocenters. The Morgan fingerprint density at radius 3 is 2.42 bits per heavy atom. The van der Waals surface area contributed by atoms with Crippen LogP contribution in [0.15, 0.2) is 119 Å². The Balaban J connectivity index is 1.35. The highest BCUT2D eigenvalue weighted by Gasteiger charge is 2.15. The summed E-state index contributed by atoms with van der Waals surface area (Å²) >= 11 is 6.67. The normalized spacial score (nSPS) is 11.3. The second kappa shape index (κ2) is 11.0. The van der Waals surface area contributed by atoms with Gasteiger partial charge in [0, 0.05) is 5.56 Å². The molecule has 0 aliphatic heterocycles. The van der Waals surface area contributed by atoms with E-state index in [-0.39, 0.29) is 5.56 Å². The van der Waals surface area contributed by atoms with Gasteiger partial charge in [0.1, 0.15) is 6.61 Å². The summed E-state index contributed by atoms with van der Waals surface area (Å²) in [5.74, 6) is 1.33. The standard InChI is InChI=1S/C33H24ClN3O3/c1-39-30-19-22(18-28(34)31(30)40-21-25-14-9-13-23-10-5-6-15-26(23)25)20-35-37-32(24-11-3-2-4-12-24)36-29-17-8-7-16-27(29)33(37)38/h2-20H,21H2,1H3. The SMILES string of the molecule is COc1cc(C=Nn2c(-c3ccccc3)nc3ccccc3c2=O)cc(Cl)c1OCc1cccc2ccccc12. The molecule has 40 heavy (non-hydrogen) atoms. The van der Waals surface area contributed by atoms with Crippen LogP contribution in [0.25, 0.3) is 33.1 Å². The molecule has 5 aromatic carbocycles. The molecule has 0 radical (unpaired) electrons. The van der Waals surface area contributed by atoms with Gasteiger partial charge in [0.15, 0.2) is 17.3 Å². The molecule has 0 bridgehead atoms. The van der Waals surface area contributed by atoms with E-state index < -0.39 is 0 Å². The fourth-order valence-corrected chi connectivity index (χ4v) is 4.93. The average molecular weight is 546 g/mol. The molecular formula is C33H24ClN3O3. The van der Waals surface area contributed by atoms with Crippen LogP contribution in [0.4, 0.5) is 0 Å². The lowest BCUT2D eigenvalue weighted by Crippen LogP contribution is -2.20. The number of para-hydroxylation sites is 1. The van der Waals surface area contributed by atoms with Crippen molar-refractivity contribution >= 4 is 39.5 Å². The van der Waals surface area contributed by atoms with Crippen LogP contribution in [0.3, 0.4) is 0 Å². The number of hydrogen-bond donors (Lipinski definition) is 0. The van der Waals surface area contributed by atoms with Gasteiger partial charge in [-0.2, -0.15) is 9.78 Å². The van der Waals surface area contributed by atoms with Crippen molar-refractivity contribution in [1.82, 2.24) is 9.66 Å². The van der Waals surface area contributed by atoms with Crippen LogP contribution >= 0.6 is 11.6 Å². The van der Waals surface area contributed by atoms with Gasteiger partial charge in [-0.1, -0.05) is 96.5 Å². The fourth-order valence-electron chi connectivity index (χ4n) is 4.65. The number of halogens is 1. The molecule has 0 saturated heterocycles. The minimum absolute atomic E-state index is 0.270. The molecule has 0 spiro atoms. The number of hydrogen-bond acceptors (Lipinski definition) is 5. The molecule has 6 rings (SSSR count). The summed E-state index contributed by atoms with van der Waals surface area (Å²) in [6.45, 7) is 0.323. The smallest absolute Gasteiger partial charge is 0.282 e. The number of benzene rings is 5. The highest BCUT2D eigenvalue weighted by molar-refractivity contribution is 6.32. The first-order chi connectivity index (χ1) is 19.6. The first kappa shape index (κ1) is 25.3. The minimum Gasteiger partial charge on any atom is -0.493 e. The van der Waals surface area contributed by atoms with Crippen molar-refractivity contribution in [2.45, 2.75) is 6.61 Å². The molecule has 0 N–H and O–H groups in total. The summed E-state index contributed by atoms with van der Waals surface area (Å²) in [6.07, 6.45) is 1.56. The van der Waals surface area contributed by atoms with Crippen LogP contribution in [-0.2, 0) is 6.61 Å². The minimum atomic E-state index is -0.270. The Labute approximate surface area is 235 Å². The Morgan fingerprint density at radius 1 is 0.875 bits per heavy atom. The van der Waals surface area contributed by atoms with Crippen LogP contribution in [0.2, 0.25) is 5.02 Å². The number of nitrogens with zero attached hydrogens (tertiary/aromatic N) is 3. The van der Waals surface area contributed by atoms with Crippen molar-refractivity contribution in [1.29, 1.82) is 0 Å². The number of fused-ring (bicyclic) bond motifs is 2. The zero-order valence-corrected chi connectivity index (χ0v) is 22.4. The fraction of sp³-hybridized carbons (Fsp3) is 0.0606. The van der Waals surface area contributed by atoms with E-state index in [1.807, 2.05) is 72.8 Å². The molecular weight excluding hydrogens is 522 g/mol. The first-order valence-corrected chi connectivity index (χ1v) is 13.1. The number of methoxy groups -OCH3 is 1. The van der Waals surface area contributed by atoms with Gasteiger partial charge in [0.25, 0.3) is 5.56 Å². The van der Waals surface area contributed by atoms with Gasteiger partial charge in [-0.15, -0.1) is 0 Å². The lowest BCUT2D eigenvalue weighted by molar-refractivity contribution is 0.286. The van der Waals surface area contributed by atoms with E-state index in [0.29, 0.717) is 45.4 Å². The van der Waals surface area contributed by atoms with E-state index in [0.717, 1.165) is 21.9 Å².